The molecule has 2 heteroatoms. The SMILES string of the molecule is CCC1CN(CC2CC2)C(C)CN1. The van der Waals surface area contributed by atoms with Crippen LogP contribution in [0, 0.1) is 5.92 Å². The molecule has 1 heterocycles. The molecule has 2 aliphatic rings. The van der Waals surface area contributed by atoms with Crippen LogP contribution in [0.25, 0.3) is 0 Å². The van der Waals surface area contributed by atoms with Crippen LogP contribution < -0.4 is 5.32 Å². The molecule has 0 amide bonds. The highest BCUT2D eigenvalue weighted by atomic mass is 15.2. The monoisotopic (exact) mass is 182 g/mol. The van der Waals surface area contributed by atoms with Crippen LogP contribution in [0.5, 0.6) is 0 Å². The predicted octanol–water partition coefficient (Wildman–Crippen LogP) is 1.47. The van der Waals surface area contributed by atoms with E-state index < -0.39 is 0 Å². The number of nitrogens with one attached hydrogen (secondary N) is 1. The Morgan fingerprint density at radius 2 is 2.15 bits per heavy atom. The largest absolute Gasteiger partial charge is 0.311 e. The maximum atomic E-state index is 3.60. The number of rotatable bonds is 3. The van der Waals surface area contributed by atoms with Gasteiger partial charge < -0.3 is 5.32 Å². The fourth-order valence-electron chi connectivity index (χ4n) is 2.15. The third-order valence-corrected chi connectivity index (χ3v) is 3.46. The quantitative estimate of drug-likeness (QED) is 0.711. The lowest BCUT2D eigenvalue weighted by Gasteiger charge is -2.38. The standard InChI is InChI=1S/C11H22N2/c1-3-11-8-13(7-10-4-5-10)9(2)6-12-11/h9-12H,3-8H2,1-2H3. The van der Waals surface area contributed by atoms with Gasteiger partial charge in [0.05, 0.1) is 0 Å². The van der Waals surface area contributed by atoms with Gasteiger partial charge in [-0.15, -0.1) is 0 Å². The van der Waals surface area contributed by atoms with Gasteiger partial charge in [0.25, 0.3) is 0 Å². The van der Waals surface area contributed by atoms with Crippen molar-refractivity contribution < 1.29 is 0 Å². The first kappa shape index (κ1) is 9.47. The fraction of sp³-hybridized carbons (Fsp3) is 1.00. The zero-order chi connectivity index (χ0) is 9.26. The van der Waals surface area contributed by atoms with Crippen LogP contribution in [-0.4, -0.2) is 36.6 Å². The first-order valence-corrected chi connectivity index (χ1v) is 5.77. The molecular weight excluding hydrogens is 160 g/mol. The van der Waals surface area contributed by atoms with Gasteiger partial charge in [0.15, 0.2) is 0 Å². The highest BCUT2D eigenvalue weighted by Crippen LogP contribution is 2.30. The first-order chi connectivity index (χ1) is 6.29. The zero-order valence-corrected chi connectivity index (χ0v) is 8.92. The minimum Gasteiger partial charge on any atom is -0.311 e. The third-order valence-electron chi connectivity index (χ3n) is 3.46. The third kappa shape index (κ3) is 2.44. The second kappa shape index (κ2) is 3.97. The maximum absolute atomic E-state index is 3.60. The van der Waals surface area contributed by atoms with Gasteiger partial charge in [-0.05, 0) is 32.1 Å². The van der Waals surface area contributed by atoms with Gasteiger partial charge in [-0.1, -0.05) is 6.92 Å². The van der Waals surface area contributed by atoms with Gasteiger partial charge in [0.1, 0.15) is 0 Å². The van der Waals surface area contributed by atoms with Crippen molar-refractivity contribution in [3.63, 3.8) is 0 Å². The molecule has 0 spiro atoms. The molecule has 76 valence electrons. The van der Waals surface area contributed by atoms with E-state index in [0.717, 1.165) is 18.0 Å². The molecule has 1 aliphatic carbocycles. The summed E-state index contributed by atoms with van der Waals surface area (Å²) >= 11 is 0. The molecule has 0 aromatic heterocycles. The summed E-state index contributed by atoms with van der Waals surface area (Å²) in [6, 6.07) is 1.50. The number of nitrogens with zero attached hydrogens (tertiary/aromatic N) is 1. The van der Waals surface area contributed by atoms with E-state index in [0.29, 0.717) is 0 Å². The van der Waals surface area contributed by atoms with Gasteiger partial charge in [-0.3, -0.25) is 4.90 Å². The summed E-state index contributed by atoms with van der Waals surface area (Å²) in [5, 5.41) is 3.60. The summed E-state index contributed by atoms with van der Waals surface area (Å²) < 4.78 is 0. The van der Waals surface area contributed by atoms with Crippen LogP contribution in [0.2, 0.25) is 0 Å². The maximum Gasteiger partial charge on any atom is 0.0193 e. The minimum absolute atomic E-state index is 0.745. The molecule has 0 aromatic rings. The number of piperazine rings is 1. The molecule has 2 atom stereocenters. The molecule has 2 rings (SSSR count). The van der Waals surface area contributed by atoms with Crippen molar-refractivity contribution in [2.45, 2.75) is 45.2 Å². The van der Waals surface area contributed by atoms with Gasteiger partial charge in [-0.2, -0.15) is 0 Å². The number of hydrogen-bond donors (Lipinski definition) is 1. The molecule has 2 nitrogen and oxygen atoms in total. The lowest BCUT2D eigenvalue weighted by Crippen LogP contribution is -2.55. The van der Waals surface area contributed by atoms with Crippen LogP contribution in [-0.2, 0) is 0 Å². The van der Waals surface area contributed by atoms with Crippen LogP contribution in [0.3, 0.4) is 0 Å². The molecule has 2 unspecified atom stereocenters. The topological polar surface area (TPSA) is 15.3 Å². The molecule has 0 bridgehead atoms. The van der Waals surface area contributed by atoms with Gasteiger partial charge in [-0.25, -0.2) is 0 Å². The first-order valence-electron chi connectivity index (χ1n) is 5.77. The lowest BCUT2D eigenvalue weighted by molar-refractivity contribution is 0.133. The number of hydrogen-bond acceptors (Lipinski definition) is 2. The normalized spacial score (nSPS) is 36.5. The molecule has 1 aliphatic heterocycles. The molecule has 0 radical (unpaired) electrons. The molecule has 1 saturated carbocycles. The Morgan fingerprint density at radius 3 is 2.77 bits per heavy atom. The molecule has 13 heavy (non-hydrogen) atoms. The molecule has 0 aromatic carbocycles. The van der Waals surface area contributed by atoms with E-state index in [1.165, 1.54) is 38.9 Å². The predicted molar refractivity (Wildman–Crippen MR) is 55.8 cm³/mol. The molecular formula is C11H22N2. The van der Waals surface area contributed by atoms with Crippen molar-refractivity contribution in [2.24, 2.45) is 5.92 Å². The molecule has 2 fully saturated rings. The van der Waals surface area contributed by atoms with Gasteiger partial charge in [0, 0.05) is 31.7 Å². The average molecular weight is 182 g/mol. The Labute approximate surface area is 81.7 Å². The van der Waals surface area contributed by atoms with E-state index in [1.54, 1.807) is 0 Å². The fourth-order valence-corrected chi connectivity index (χ4v) is 2.15. The van der Waals surface area contributed by atoms with Crippen molar-refractivity contribution in [3.05, 3.63) is 0 Å². The Hall–Kier alpha value is -0.0800. The van der Waals surface area contributed by atoms with E-state index >= 15 is 0 Å². The van der Waals surface area contributed by atoms with E-state index in [1.807, 2.05) is 0 Å². The lowest BCUT2D eigenvalue weighted by atomic mass is 10.1. The molecule has 1 saturated heterocycles. The average Bonchev–Trinajstić information content (AvgIpc) is 2.93. The van der Waals surface area contributed by atoms with Crippen LogP contribution in [0.1, 0.15) is 33.1 Å². The van der Waals surface area contributed by atoms with E-state index in [-0.39, 0.29) is 0 Å². The Kier molecular flexibility index (Phi) is 2.89. The summed E-state index contributed by atoms with van der Waals surface area (Å²) in [5.41, 5.74) is 0. The Bertz CT molecular complexity index is 165. The summed E-state index contributed by atoms with van der Waals surface area (Å²) in [5.74, 6) is 1.04. The Morgan fingerprint density at radius 1 is 1.38 bits per heavy atom. The van der Waals surface area contributed by atoms with Gasteiger partial charge in [0.2, 0.25) is 0 Å². The summed E-state index contributed by atoms with van der Waals surface area (Å²) in [6.07, 6.45) is 4.23. The zero-order valence-electron chi connectivity index (χ0n) is 8.92. The van der Waals surface area contributed by atoms with Crippen molar-refractivity contribution in [3.8, 4) is 0 Å². The summed E-state index contributed by atoms with van der Waals surface area (Å²) in [7, 11) is 0. The highest BCUT2D eigenvalue weighted by Gasteiger charge is 2.29. The van der Waals surface area contributed by atoms with Crippen LogP contribution in [0.15, 0.2) is 0 Å². The van der Waals surface area contributed by atoms with E-state index in [4.69, 9.17) is 0 Å². The van der Waals surface area contributed by atoms with Crippen molar-refractivity contribution in [1.82, 2.24) is 10.2 Å². The Balaban J connectivity index is 1.82. The van der Waals surface area contributed by atoms with Crippen molar-refractivity contribution >= 4 is 0 Å². The van der Waals surface area contributed by atoms with Crippen LogP contribution >= 0.6 is 0 Å². The van der Waals surface area contributed by atoms with Crippen molar-refractivity contribution in [2.75, 3.05) is 19.6 Å². The molecule has 1 N–H and O–H groups in total. The van der Waals surface area contributed by atoms with Gasteiger partial charge >= 0.3 is 0 Å². The highest BCUT2D eigenvalue weighted by molar-refractivity contribution is 4.87. The summed E-state index contributed by atoms with van der Waals surface area (Å²) in [6.45, 7) is 8.45. The second-order valence-electron chi connectivity index (χ2n) is 4.76. The summed E-state index contributed by atoms with van der Waals surface area (Å²) in [4.78, 5) is 2.68. The van der Waals surface area contributed by atoms with Crippen LogP contribution in [0.4, 0.5) is 0 Å². The van der Waals surface area contributed by atoms with Crippen molar-refractivity contribution in [1.29, 1.82) is 0 Å². The van der Waals surface area contributed by atoms with E-state index in [2.05, 4.69) is 24.1 Å². The van der Waals surface area contributed by atoms with E-state index in [9.17, 15) is 0 Å². The minimum atomic E-state index is 0.745. The second-order valence-corrected chi connectivity index (χ2v) is 4.76. The smallest absolute Gasteiger partial charge is 0.0193 e.